The van der Waals surface area contributed by atoms with Gasteiger partial charge in [0.15, 0.2) is 0 Å². The van der Waals surface area contributed by atoms with E-state index in [0.717, 1.165) is 11.1 Å². The first kappa shape index (κ1) is 16.3. The molecular weight excluding hydrogens is 280 g/mol. The van der Waals surface area contributed by atoms with Crippen molar-refractivity contribution in [1.29, 1.82) is 0 Å². The van der Waals surface area contributed by atoms with Gasteiger partial charge in [-0.1, -0.05) is 42.0 Å². The molecule has 22 heavy (non-hydrogen) atoms. The Labute approximate surface area is 131 Å². The van der Waals surface area contributed by atoms with Crippen molar-refractivity contribution in [3.8, 4) is 0 Å². The van der Waals surface area contributed by atoms with Gasteiger partial charge in [-0.2, -0.15) is 0 Å². The molecule has 0 spiro atoms. The number of hydrogen-bond donors (Lipinski definition) is 0. The lowest BCUT2D eigenvalue weighted by Gasteiger charge is -2.15. The number of esters is 2. The van der Waals surface area contributed by atoms with Gasteiger partial charge in [0, 0.05) is 0 Å². The third-order valence-corrected chi connectivity index (χ3v) is 3.80. The van der Waals surface area contributed by atoms with Crippen molar-refractivity contribution in [1.82, 2.24) is 0 Å². The van der Waals surface area contributed by atoms with Crippen LogP contribution in [0.4, 0.5) is 0 Å². The van der Waals surface area contributed by atoms with E-state index >= 15 is 0 Å². The highest BCUT2D eigenvalue weighted by atomic mass is 16.5. The van der Waals surface area contributed by atoms with E-state index in [1.165, 1.54) is 0 Å². The molecule has 2 atom stereocenters. The van der Waals surface area contributed by atoms with E-state index in [1.807, 2.05) is 36.4 Å². The molecular formula is C18H22O4. The van der Waals surface area contributed by atoms with E-state index in [0.29, 0.717) is 26.1 Å². The summed E-state index contributed by atoms with van der Waals surface area (Å²) in [7, 11) is 0. The van der Waals surface area contributed by atoms with Crippen molar-refractivity contribution in [2.45, 2.75) is 26.7 Å². The molecule has 1 aromatic rings. The van der Waals surface area contributed by atoms with E-state index < -0.39 is 11.8 Å². The van der Waals surface area contributed by atoms with Gasteiger partial charge in [-0.15, -0.1) is 0 Å². The molecule has 0 aliphatic heterocycles. The lowest BCUT2D eigenvalue weighted by atomic mass is 9.96. The normalized spacial score (nSPS) is 20.5. The molecule has 0 saturated heterocycles. The Balaban J connectivity index is 2.18. The van der Waals surface area contributed by atoms with Crippen LogP contribution >= 0.6 is 0 Å². The van der Waals surface area contributed by atoms with E-state index in [9.17, 15) is 9.59 Å². The molecule has 118 valence electrons. The average Bonchev–Trinajstić information content (AvgIpc) is 2.93. The summed E-state index contributed by atoms with van der Waals surface area (Å²) >= 11 is 0. The summed E-state index contributed by atoms with van der Waals surface area (Å²) < 4.78 is 10.2. The average molecular weight is 302 g/mol. The number of ether oxygens (including phenoxy) is 2. The summed E-state index contributed by atoms with van der Waals surface area (Å²) in [5, 5.41) is 0. The maximum absolute atomic E-state index is 12.1. The fraction of sp³-hybridized carbons (Fsp3) is 0.444. The quantitative estimate of drug-likeness (QED) is 0.784. The summed E-state index contributed by atoms with van der Waals surface area (Å²) in [5.41, 5.74) is 2.16. The van der Waals surface area contributed by atoms with Gasteiger partial charge in [0.25, 0.3) is 0 Å². The largest absolute Gasteiger partial charge is 0.466 e. The Morgan fingerprint density at radius 1 is 1.00 bits per heavy atom. The molecule has 1 aliphatic carbocycles. The fourth-order valence-corrected chi connectivity index (χ4v) is 2.83. The summed E-state index contributed by atoms with van der Waals surface area (Å²) in [5.74, 6) is -1.49. The molecule has 4 heteroatoms. The molecule has 1 saturated carbocycles. The van der Waals surface area contributed by atoms with Crippen molar-refractivity contribution in [2.24, 2.45) is 11.8 Å². The number of rotatable bonds is 5. The minimum absolute atomic E-state index is 0.308. The van der Waals surface area contributed by atoms with Gasteiger partial charge in [-0.3, -0.25) is 9.59 Å². The number of carbonyl (C=O) groups excluding carboxylic acids is 2. The number of benzene rings is 1. The molecule has 0 heterocycles. The Bertz CT molecular complexity index is 519. The number of carbonyl (C=O) groups is 2. The molecule has 4 nitrogen and oxygen atoms in total. The number of allylic oxidation sites excluding steroid dienone is 1. The van der Waals surface area contributed by atoms with E-state index in [4.69, 9.17) is 9.47 Å². The third kappa shape index (κ3) is 3.97. The van der Waals surface area contributed by atoms with Gasteiger partial charge in [0.05, 0.1) is 25.0 Å². The highest BCUT2D eigenvalue weighted by Gasteiger charge is 2.41. The van der Waals surface area contributed by atoms with Gasteiger partial charge >= 0.3 is 11.9 Å². The molecule has 0 N–H and O–H groups in total. The van der Waals surface area contributed by atoms with Gasteiger partial charge in [-0.25, -0.2) is 0 Å². The highest BCUT2D eigenvalue weighted by Crippen LogP contribution is 2.38. The van der Waals surface area contributed by atoms with Crippen LogP contribution in [0.3, 0.4) is 0 Å². The molecule has 2 unspecified atom stereocenters. The Morgan fingerprint density at radius 2 is 1.50 bits per heavy atom. The summed E-state index contributed by atoms with van der Waals surface area (Å²) in [4.78, 5) is 24.2. The van der Waals surface area contributed by atoms with Crippen molar-refractivity contribution in [2.75, 3.05) is 13.2 Å². The second kappa shape index (κ2) is 7.78. The van der Waals surface area contributed by atoms with Gasteiger partial charge in [-0.05, 0) is 32.3 Å². The van der Waals surface area contributed by atoms with Crippen LogP contribution in [0.2, 0.25) is 0 Å². The monoisotopic (exact) mass is 302 g/mol. The topological polar surface area (TPSA) is 52.6 Å². The first-order valence-corrected chi connectivity index (χ1v) is 7.73. The van der Waals surface area contributed by atoms with Crippen molar-refractivity contribution >= 4 is 18.0 Å². The van der Waals surface area contributed by atoms with Crippen molar-refractivity contribution < 1.29 is 19.1 Å². The fourth-order valence-electron chi connectivity index (χ4n) is 2.83. The zero-order chi connectivity index (χ0) is 15.9. The summed E-state index contributed by atoms with van der Waals surface area (Å²) in [6.45, 7) is 4.19. The molecule has 1 aromatic carbocycles. The summed E-state index contributed by atoms with van der Waals surface area (Å²) in [6.07, 6.45) is 3.15. The van der Waals surface area contributed by atoms with Crippen LogP contribution in [0.15, 0.2) is 35.9 Å². The minimum Gasteiger partial charge on any atom is -0.466 e. The van der Waals surface area contributed by atoms with E-state index in [2.05, 4.69) is 0 Å². The predicted octanol–water partition coefficient (Wildman–Crippen LogP) is 3.22. The number of hydrogen-bond acceptors (Lipinski definition) is 4. The second-order valence-electron chi connectivity index (χ2n) is 5.34. The van der Waals surface area contributed by atoms with E-state index in [-0.39, 0.29) is 11.9 Å². The lowest BCUT2D eigenvalue weighted by Crippen LogP contribution is -2.28. The standard InChI is InChI=1S/C18H22O4/c1-3-21-17(19)15-11-14(10-13-8-6-5-7-9-13)12-16(15)18(20)22-4-2/h5-10,15-16H,3-4,11-12H2,1-2H3. The Hall–Kier alpha value is -2.10. The molecule has 1 aliphatic rings. The Kier molecular flexibility index (Phi) is 5.75. The van der Waals surface area contributed by atoms with Gasteiger partial charge in [0.1, 0.15) is 0 Å². The zero-order valence-electron chi connectivity index (χ0n) is 13.1. The first-order chi connectivity index (χ1) is 10.7. The molecule has 1 fully saturated rings. The van der Waals surface area contributed by atoms with Crippen LogP contribution in [0.1, 0.15) is 32.3 Å². The molecule has 2 rings (SSSR count). The molecule has 0 bridgehead atoms. The predicted molar refractivity (Wildman–Crippen MR) is 83.9 cm³/mol. The zero-order valence-corrected chi connectivity index (χ0v) is 13.1. The highest BCUT2D eigenvalue weighted by molar-refractivity contribution is 5.84. The van der Waals surface area contributed by atoms with Gasteiger partial charge < -0.3 is 9.47 Å². The van der Waals surface area contributed by atoms with Crippen LogP contribution in [-0.2, 0) is 19.1 Å². The van der Waals surface area contributed by atoms with Crippen molar-refractivity contribution in [3.63, 3.8) is 0 Å². The van der Waals surface area contributed by atoms with Crippen LogP contribution in [0, 0.1) is 11.8 Å². The Morgan fingerprint density at radius 3 is 1.95 bits per heavy atom. The SMILES string of the molecule is CCOC(=O)C1CC(=Cc2ccccc2)CC1C(=O)OCC. The van der Waals surface area contributed by atoms with Crippen LogP contribution in [0.25, 0.3) is 6.08 Å². The van der Waals surface area contributed by atoms with Crippen LogP contribution < -0.4 is 0 Å². The lowest BCUT2D eigenvalue weighted by molar-refractivity contribution is -0.158. The summed E-state index contributed by atoms with van der Waals surface area (Å²) in [6, 6.07) is 9.90. The maximum Gasteiger partial charge on any atom is 0.310 e. The second-order valence-corrected chi connectivity index (χ2v) is 5.34. The molecule has 0 radical (unpaired) electrons. The maximum atomic E-state index is 12.1. The smallest absolute Gasteiger partial charge is 0.310 e. The first-order valence-electron chi connectivity index (χ1n) is 7.73. The van der Waals surface area contributed by atoms with Crippen LogP contribution in [-0.4, -0.2) is 25.2 Å². The molecule has 0 amide bonds. The third-order valence-electron chi connectivity index (χ3n) is 3.80. The van der Waals surface area contributed by atoms with E-state index in [1.54, 1.807) is 13.8 Å². The van der Waals surface area contributed by atoms with Crippen LogP contribution in [0.5, 0.6) is 0 Å². The van der Waals surface area contributed by atoms with Crippen molar-refractivity contribution in [3.05, 3.63) is 41.5 Å². The van der Waals surface area contributed by atoms with Gasteiger partial charge in [0.2, 0.25) is 0 Å². The minimum atomic E-state index is -0.436. The molecule has 0 aromatic heterocycles.